The van der Waals surface area contributed by atoms with E-state index in [1.54, 1.807) is 39.5 Å². The predicted octanol–water partition coefficient (Wildman–Crippen LogP) is 5.17. The van der Waals surface area contributed by atoms with Crippen molar-refractivity contribution >= 4 is 34.3 Å². The molecule has 0 aliphatic carbocycles. The van der Waals surface area contributed by atoms with Crippen molar-refractivity contribution < 1.29 is 19.0 Å². The molecule has 0 fully saturated rings. The summed E-state index contributed by atoms with van der Waals surface area (Å²) in [5.74, 6) is 2.47. The Morgan fingerprint density at radius 3 is 2.46 bits per heavy atom. The van der Waals surface area contributed by atoms with E-state index < -0.39 is 0 Å². The average molecular weight is 516 g/mol. The predicted molar refractivity (Wildman–Crippen MR) is 144 cm³/mol. The summed E-state index contributed by atoms with van der Waals surface area (Å²) in [5.41, 5.74) is 3.30. The Morgan fingerprint density at radius 1 is 0.946 bits per heavy atom. The van der Waals surface area contributed by atoms with Crippen LogP contribution in [0.4, 0.5) is 5.69 Å². The van der Waals surface area contributed by atoms with E-state index in [1.165, 1.54) is 11.8 Å². The first kappa shape index (κ1) is 24.3. The molecule has 1 amide bonds. The van der Waals surface area contributed by atoms with E-state index in [0.29, 0.717) is 28.2 Å². The number of hydrogen-bond donors (Lipinski definition) is 2. The number of hydrogen-bond acceptors (Lipinski definition) is 7. The van der Waals surface area contributed by atoms with E-state index in [2.05, 4.69) is 20.5 Å². The average Bonchev–Trinajstić information content (AvgIpc) is 3.56. The Bertz CT molecular complexity index is 1540. The number of ether oxygens (including phenoxy) is 3. The van der Waals surface area contributed by atoms with Crippen LogP contribution in [0.2, 0.25) is 0 Å². The fourth-order valence-electron chi connectivity index (χ4n) is 3.99. The zero-order valence-corrected chi connectivity index (χ0v) is 21.3. The number of nitrogens with one attached hydrogen (secondary N) is 2. The highest BCUT2D eigenvalue weighted by atomic mass is 32.2. The summed E-state index contributed by atoms with van der Waals surface area (Å²) in [6, 6.07) is 20.9. The molecule has 0 radical (unpaired) electrons. The monoisotopic (exact) mass is 515 g/mol. The van der Waals surface area contributed by atoms with Crippen LogP contribution in [0.1, 0.15) is 0 Å². The molecule has 0 unspecified atom stereocenters. The van der Waals surface area contributed by atoms with Gasteiger partial charge in [-0.1, -0.05) is 30.0 Å². The maximum atomic E-state index is 12.9. The molecule has 0 aliphatic heterocycles. The lowest BCUT2D eigenvalue weighted by Gasteiger charge is -2.12. The Hall–Kier alpha value is -4.44. The van der Waals surface area contributed by atoms with Crippen LogP contribution in [0.15, 0.2) is 78.1 Å². The van der Waals surface area contributed by atoms with Gasteiger partial charge >= 0.3 is 0 Å². The number of para-hydroxylation sites is 1. The van der Waals surface area contributed by atoms with Gasteiger partial charge in [-0.2, -0.15) is 0 Å². The van der Waals surface area contributed by atoms with E-state index in [-0.39, 0.29) is 11.7 Å². The van der Waals surface area contributed by atoms with Crippen molar-refractivity contribution in [2.75, 3.05) is 32.4 Å². The van der Waals surface area contributed by atoms with Gasteiger partial charge in [0.1, 0.15) is 17.2 Å². The molecule has 0 atom stereocenters. The molecule has 0 bridgehead atoms. The lowest BCUT2D eigenvalue weighted by atomic mass is 10.1. The lowest BCUT2D eigenvalue weighted by molar-refractivity contribution is -0.113. The molecule has 0 saturated heterocycles. The standard InChI is InChI=1S/C27H25N5O4S/c1-34-18-10-8-17(9-11-18)32-26(21-15-28-22-7-5-4-6-20(21)22)30-31-27(32)37-16-25(33)29-23-14-19(35-2)12-13-24(23)36-3/h4-15,28H,16H2,1-3H3,(H,29,33). The van der Waals surface area contributed by atoms with Gasteiger partial charge in [-0.25, -0.2) is 0 Å². The van der Waals surface area contributed by atoms with Gasteiger partial charge in [-0.15, -0.1) is 10.2 Å². The number of fused-ring (bicyclic) bond motifs is 1. The van der Waals surface area contributed by atoms with Crippen molar-refractivity contribution in [2.24, 2.45) is 0 Å². The minimum Gasteiger partial charge on any atom is -0.497 e. The van der Waals surface area contributed by atoms with Gasteiger partial charge in [0.25, 0.3) is 0 Å². The maximum absolute atomic E-state index is 12.9. The van der Waals surface area contributed by atoms with Crippen LogP contribution in [-0.4, -0.2) is 52.7 Å². The number of thioether (sulfide) groups is 1. The van der Waals surface area contributed by atoms with Gasteiger partial charge in [-0.05, 0) is 42.5 Å². The van der Waals surface area contributed by atoms with Gasteiger partial charge in [-0.3, -0.25) is 9.36 Å². The van der Waals surface area contributed by atoms with Crippen molar-refractivity contribution in [1.29, 1.82) is 0 Å². The molecule has 0 saturated carbocycles. The first-order chi connectivity index (χ1) is 18.1. The van der Waals surface area contributed by atoms with Crippen LogP contribution in [-0.2, 0) is 4.79 Å². The second-order valence-corrected chi connectivity index (χ2v) is 8.93. The largest absolute Gasteiger partial charge is 0.497 e. The molecule has 10 heteroatoms. The van der Waals surface area contributed by atoms with Crippen LogP contribution >= 0.6 is 11.8 Å². The highest BCUT2D eigenvalue weighted by molar-refractivity contribution is 7.99. The minimum absolute atomic E-state index is 0.114. The topological polar surface area (TPSA) is 103 Å². The minimum atomic E-state index is -0.213. The zero-order valence-electron chi connectivity index (χ0n) is 20.5. The quantitative estimate of drug-likeness (QED) is 0.261. The summed E-state index contributed by atoms with van der Waals surface area (Å²) in [5, 5.41) is 13.5. The summed E-state index contributed by atoms with van der Waals surface area (Å²) >= 11 is 1.29. The second-order valence-electron chi connectivity index (χ2n) is 7.99. The molecular weight excluding hydrogens is 490 g/mol. The number of nitrogens with zero attached hydrogens (tertiary/aromatic N) is 3. The smallest absolute Gasteiger partial charge is 0.234 e. The van der Waals surface area contributed by atoms with Crippen molar-refractivity contribution in [3.05, 3.63) is 72.9 Å². The van der Waals surface area contributed by atoms with Crippen LogP contribution < -0.4 is 19.5 Å². The molecule has 5 rings (SSSR count). The number of aromatic nitrogens is 4. The summed E-state index contributed by atoms with van der Waals surface area (Å²) in [7, 11) is 4.75. The number of rotatable bonds is 9. The van der Waals surface area contributed by atoms with Crippen LogP contribution in [0.25, 0.3) is 28.0 Å². The molecule has 37 heavy (non-hydrogen) atoms. The number of anilines is 1. The Morgan fingerprint density at radius 2 is 1.70 bits per heavy atom. The summed E-state index contributed by atoms with van der Waals surface area (Å²) in [4.78, 5) is 16.2. The van der Waals surface area contributed by atoms with Crippen molar-refractivity contribution in [3.8, 4) is 34.3 Å². The van der Waals surface area contributed by atoms with E-state index in [9.17, 15) is 4.79 Å². The van der Waals surface area contributed by atoms with Crippen molar-refractivity contribution in [2.45, 2.75) is 5.16 Å². The maximum Gasteiger partial charge on any atom is 0.234 e. The Labute approximate surface area is 217 Å². The van der Waals surface area contributed by atoms with Crippen molar-refractivity contribution in [1.82, 2.24) is 19.7 Å². The van der Waals surface area contributed by atoms with Gasteiger partial charge < -0.3 is 24.5 Å². The van der Waals surface area contributed by atoms with Gasteiger partial charge in [0.05, 0.1) is 32.8 Å². The molecule has 3 aromatic carbocycles. The number of H-pyrrole nitrogens is 1. The molecular formula is C27H25N5O4S. The third-order valence-electron chi connectivity index (χ3n) is 5.81. The number of amides is 1. The van der Waals surface area contributed by atoms with Gasteiger partial charge in [0.15, 0.2) is 11.0 Å². The number of carbonyl (C=O) groups is 1. The SMILES string of the molecule is COc1ccc(-n2c(SCC(=O)Nc3cc(OC)ccc3OC)nnc2-c2c[nH]c3ccccc23)cc1. The molecule has 5 aromatic rings. The summed E-state index contributed by atoms with van der Waals surface area (Å²) < 4.78 is 17.9. The first-order valence-corrected chi connectivity index (χ1v) is 12.4. The third-order valence-corrected chi connectivity index (χ3v) is 6.74. The lowest BCUT2D eigenvalue weighted by Crippen LogP contribution is -2.15. The fourth-order valence-corrected chi connectivity index (χ4v) is 4.74. The Balaban J connectivity index is 1.45. The van der Waals surface area contributed by atoms with Crippen LogP contribution in [0.3, 0.4) is 0 Å². The number of benzene rings is 3. The zero-order chi connectivity index (χ0) is 25.8. The second kappa shape index (κ2) is 10.7. The highest BCUT2D eigenvalue weighted by Crippen LogP contribution is 2.33. The molecule has 9 nitrogen and oxygen atoms in total. The van der Waals surface area contributed by atoms with E-state index in [1.807, 2.05) is 59.3 Å². The van der Waals surface area contributed by atoms with Crippen LogP contribution in [0.5, 0.6) is 17.2 Å². The molecule has 0 spiro atoms. The summed E-state index contributed by atoms with van der Waals surface area (Å²) in [6.45, 7) is 0. The fraction of sp³-hybridized carbons (Fsp3) is 0.148. The molecule has 2 heterocycles. The third kappa shape index (κ3) is 4.96. The number of carbonyl (C=O) groups excluding carboxylic acids is 1. The van der Waals surface area contributed by atoms with E-state index in [4.69, 9.17) is 14.2 Å². The molecule has 188 valence electrons. The van der Waals surface area contributed by atoms with Crippen molar-refractivity contribution in [3.63, 3.8) is 0 Å². The number of methoxy groups -OCH3 is 3. The van der Waals surface area contributed by atoms with E-state index >= 15 is 0 Å². The molecule has 0 aliphatic rings. The Kier molecular flexibility index (Phi) is 7.00. The van der Waals surface area contributed by atoms with Gasteiger partial charge in [0.2, 0.25) is 5.91 Å². The van der Waals surface area contributed by atoms with Crippen LogP contribution in [0, 0.1) is 0 Å². The highest BCUT2D eigenvalue weighted by Gasteiger charge is 2.20. The molecule has 2 aromatic heterocycles. The first-order valence-electron chi connectivity index (χ1n) is 11.4. The van der Waals surface area contributed by atoms with E-state index in [0.717, 1.165) is 27.9 Å². The summed E-state index contributed by atoms with van der Waals surface area (Å²) in [6.07, 6.45) is 1.92. The number of aromatic amines is 1. The van der Waals surface area contributed by atoms with Gasteiger partial charge in [0, 0.05) is 34.4 Å². The normalized spacial score (nSPS) is 10.9. The molecule has 2 N–H and O–H groups in total.